The topological polar surface area (TPSA) is 64.2 Å². The summed E-state index contributed by atoms with van der Waals surface area (Å²) >= 11 is 0. The van der Waals surface area contributed by atoms with E-state index in [9.17, 15) is 4.79 Å². The largest absolute Gasteiger partial charge is 0.364 e. The van der Waals surface area contributed by atoms with Gasteiger partial charge >= 0.3 is 0 Å². The molecule has 0 aliphatic carbocycles. The second kappa shape index (κ2) is 6.93. The van der Waals surface area contributed by atoms with Crippen molar-refractivity contribution >= 4 is 5.91 Å². The van der Waals surface area contributed by atoms with Gasteiger partial charge in [-0.05, 0) is 44.5 Å². The molecule has 3 aromatic rings. The van der Waals surface area contributed by atoms with Gasteiger partial charge in [-0.3, -0.25) is 9.48 Å². The van der Waals surface area contributed by atoms with Gasteiger partial charge in [-0.15, -0.1) is 0 Å². The molecule has 0 aliphatic rings. The molecule has 6 nitrogen and oxygen atoms in total. The van der Waals surface area contributed by atoms with Crippen molar-refractivity contribution in [1.29, 1.82) is 0 Å². The number of aromatic nitrogens is 3. The summed E-state index contributed by atoms with van der Waals surface area (Å²) in [6.45, 7) is 6.64. The van der Waals surface area contributed by atoms with Gasteiger partial charge in [0, 0.05) is 24.4 Å². The van der Waals surface area contributed by atoms with Gasteiger partial charge in [0.25, 0.3) is 5.91 Å². The molecule has 1 amide bonds. The highest BCUT2D eigenvalue weighted by Gasteiger charge is 2.20. The van der Waals surface area contributed by atoms with Crippen molar-refractivity contribution in [3.8, 4) is 0 Å². The lowest BCUT2D eigenvalue weighted by Gasteiger charge is -2.23. The number of hydrogen-bond acceptors (Lipinski definition) is 4. The van der Waals surface area contributed by atoms with E-state index in [0.29, 0.717) is 12.1 Å². The first-order chi connectivity index (χ1) is 12.0. The highest BCUT2D eigenvalue weighted by Crippen LogP contribution is 2.19. The lowest BCUT2D eigenvalue weighted by Crippen LogP contribution is -2.29. The highest BCUT2D eigenvalue weighted by molar-refractivity contribution is 5.94. The van der Waals surface area contributed by atoms with Crippen LogP contribution in [0.4, 0.5) is 0 Å². The smallest absolute Gasteiger partial charge is 0.254 e. The summed E-state index contributed by atoms with van der Waals surface area (Å²) in [5.41, 5.74) is 4.62. The number of nitrogens with zero attached hydrogens (tertiary/aromatic N) is 4. The summed E-state index contributed by atoms with van der Waals surface area (Å²) in [5.74, 6) is -0.0480. The molecular weight excluding hydrogens is 316 g/mol. The number of carbonyl (C=O) groups excluding carboxylic acids is 1. The predicted molar refractivity (Wildman–Crippen MR) is 94.3 cm³/mol. The molecule has 0 aliphatic heterocycles. The van der Waals surface area contributed by atoms with E-state index < -0.39 is 0 Å². The van der Waals surface area contributed by atoms with Gasteiger partial charge in [0.1, 0.15) is 12.0 Å². The van der Waals surface area contributed by atoms with Gasteiger partial charge in [0.05, 0.1) is 18.3 Å². The Kier molecular flexibility index (Phi) is 4.70. The first-order valence-corrected chi connectivity index (χ1v) is 8.23. The minimum Gasteiger partial charge on any atom is -0.364 e. The molecule has 2 heterocycles. The van der Waals surface area contributed by atoms with Gasteiger partial charge < -0.3 is 9.42 Å². The molecule has 1 atom stereocenters. The average Bonchev–Trinajstić information content (AvgIpc) is 3.24. The van der Waals surface area contributed by atoms with Gasteiger partial charge in [-0.1, -0.05) is 17.3 Å². The van der Waals surface area contributed by atoms with Crippen LogP contribution in [0.2, 0.25) is 0 Å². The maximum absolute atomic E-state index is 12.7. The summed E-state index contributed by atoms with van der Waals surface area (Å²) in [5, 5.41) is 8.37. The third kappa shape index (κ3) is 3.63. The minimum absolute atomic E-state index is 0.0480. The van der Waals surface area contributed by atoms with Crippen molar-refractivity contribution in [2.24, 2.45) is 0 Å². The number of amides is 1. The fourth-order valence-electron chi connectivity index (χ4n) is 2.78. The molecular formula is C19H22N4O2. The number of hydrogen-bond donors (Lipinski definition) is 0. The van der Waals surface area contributed by atoms with Gasteiger partial charge in [-0.2, -0.15) is 5.10 Å². The van der Waals surface area contributed by atoms with Crippen molar-refractivity contribution in [1.82, 2.24) is 19.8 Å². The molecule has 0 bridgehead atoms. The molecule has 0 fully saturated rings. The average molecular weight is 338 g/mol. The van der Waals surface area contributed by atoms with Crippen LogP contribution in [-0.4, -0.2) is 32.8 Å². The van der Waals surface area contributed by atoms with E-state index in [2.05, 4.69) is 16.3 Å². The van der Waals surface area contributed by atoms with E-state index in [4.69, 9.17) is 4.52 Å². The maximum atomic E-state index is 12.7. The summed E-state index contributed by atoms with van der Waals surface area (Å²) in [4.78, 5) is 14.3. The van der Waals surface area contributed by atoms with Crippen LogP contribution in [0.3, 0.4) is 0 Å². The SMILES string of the molecule is Cc1cc(C)n(Cc2ccc(C(=O)N(C)[C@H](C)c3ccon3)cc2)n1. The molecule has 0 unspecified atom stereocenters. The van der Waals surface area contributed by atoms with Crippen molar-refractivity contribution in [2.75, 3.05) is 7.05 Å². The summed E-state index contributed by atoms with van der Waals surface area (Å²) in [6.07, 6.45) is 1.51. The molecule has 0 N–H and O–H groups in total. The van der Waals surface area contributed by atoms with Crippen molar-refractivity contribution < 1.29 is 9.32 Å². The van der Waals surface area contributed by atoms with E-state index in [1.54, 1.807) is 18.0 Å². The van der Waals surface area contributed by atoms with Crippen LogP contribution in [-0.2, 0) is 6.54 Å². The molecule has 0 radical (unpaired) electrons. The van der Waals surface area contributed by atoms with Crippen LogP contribution < -0.4 is 0 Å². The Morgan fingerprint density at radius 1 is 1.24 bits per heavy atom. The summed E-state index contributed by atoms with van der Waals surface area (Å²) in [6, 6.07) is 11.3. The molecule has 25 heavy (non-hydrogen) atoms. The van der Waals surface area contributed by atoms with Gasteiger partial charge in [0.2, 0.25) is 0 Å². The molecule has 130 valence electrons. The Bertz CT molecular complexity index is 850. The van der Waals surface area contributed by atoms with Crippen LogP contribution >= 0.6 is 0 Å². The normalized spacial score (nSPS) is 12.2. The number of aryl methyl sites for hydroxylation is 2. The standard InChI is InChI=1S/C19H22N4O2/c1-13-11-14(2)23(20-13)12-16-5-7-17(8-6-16)19(24)22(4)15(3)18-9-10-25-21-18/h5-11,15H,12H2,1-4H3/t15-/m1/s1. The van der Waals surface area contributed by atoms with Crippen molar-refractivity contribution in [3.63, 3.8) is 0 Å². The lowest BCUT2D eigenvalue weighted by molar-refractivity contribution is 0.0737. The number of carbonyl (C=O) groups is 1. The van der Waals surface area contributed by atoms with E-state index >= 15 is 0 Å². The monoisotopic (exact) mass is 338 g/mol. The van der Waals surface area contributed by atoms with E-state index in [1.165, 1.54) is 6.26 Å². The zero-order valence-corrected chi connectivity index (χ0v) is 14.9. The molecule has 2 aromatic heterocycles. The van der Waals surface area contributed by atoms with Crippen molar-refractivity contribution in [3.05, 3.63) is 70.9 Å². The Morgan fingerprint density at radius 3 is 2.52 bits per heavy atom. The van der Waals surface area contributed by atoms with Crippen LogP contribution in [0.25, 0.3) is 0 Å². The molecule has 0 saturated carbocycles. The third-order valence-electron chi connectivity index (χ3n) is 4.42. The number of rotatable bonds is 5. The van der Waals surface area contributed by atoms with E-state index in [1.807, 2.05) is 49.7 Å². The Morgan fingerprint density at radius 2 is 1.96 bits per heavy atom. The van der Waals surface area contributed by atoms with Crippen LogP contribution in [0.1, 0.15) is 46.0 Å². The lowest BCUT2D eigenvalue weighted by atomic mass is 10.1. The number of benzene rings is 1. The summed E-state index contributed by atoms with van der Waals surface area (Å²) < 4.78 is 6.82. The van der Waals surface area contributed by atoms with Crippen LogP contribution in [0.15, 0.2) is 47.2 Å². The third-order valence-corrected chi connectivity index (χ3v) is 4.42. The van der Waals surface area contributed by atoms with Gasteiger partial charge in [-0.25, -0.2) is 0 Å². The van der Waals surface area contributed by atoms with Crippen molar-refractivity contribution in [2.45, 2.75) is 33.4 Å². The molecule has 0 spiro atoms. The first kappa shape index (κ1) is 17.0. The zero-order chi connectivity index (χ0) is 18.0. The predicted octanol–water partition coefficient (Wildman–Crippen LogP) is 3.37. The molecule has 0 saturated heterocycles. The first-order valence-electron chi connectivity index (χ1n) is 8.23. The van der Waals surface area contributed by atoms with Crippen LogP contribution in [0, 0.1) is 13.8 Å². The molecule has 1 aromatic carbocycles. The minimum atomic E-state index is -0.152. The second-order valence-electron chi connectivity index (χ2n) is 6.30. The summed E-state index contributed by atoms with van der Waals surface area (Å²) in [7, 11) is 1.77. The van der Waals surface area contributed by atoms with E-state index in [0.717, 1.165) is 22.6 Å². The maximum Gasteiger partial charge on any atom is 0.254 e. The second-order valence-corrected chi connectivity index (χ2v) is 6.30. The highest BCUT2D eigenvalue weighted by atomic mass is 16.5. The Labute approximate surface area is 147 Å². The quantitative estimate of drug-likeness (QED) is 0.715. The Balaban J connectivity index is 1.71. The molecule has 6 heteroatoms. The van der Waals surface area contributed by atoms with E-state index in [-0.39, 0.29) is 11.9 Å². The molecule has 3 rings (SSSR count). The fourth-order valence-corrected chi connectivity index (χ4v) is 2.78. The Hall–Kier alpha value is -2.89. The van der Waals surface area contributed by atoms with Gasteiger partial charge in [0.15, 0.2) is 0 Å². The zero-order valence-electron chi connectivity index (χ0n) is 14.9. The fraction of sp³-hybridized carbons (Fsp3) is 0.316. The van der Waals surface area contributed by atoms with Crippen LogP contribution in [0.5, 0.6) is 0 Å².